The van der Waals surface area contributed by atoms with Crippen LogP contribution < -0.4 is 5.32 Å². The minimum atomic E-state index is -0.184. The molecule has 1 unspecified atom stereocenters. The number of thioether (sulfide) groups is 1. The fourth-order valence-electron chi connectivity index (χ4n) is 3.47. The molecule has 1 aromatic heterocycles. The molecule has 0 saturated heterocycles. The summed E-state index contributed by atoms with van der Waals surface area (Å²) in [6.07, 6.45) is 13.0. The molecule has 24 heavy (non-hydrogen) atoms. The highest BCUT2D eigenvalue weighted by atomic mass is 32.2. The van der Waals surface area contributed by atoms with Gasteiger partial charge in [0, 0.05) is 6.54 Å². The van der Waals surface area contributed by atoms with Crippen molar-refractivity contribution < 1.29 is 4.79 Å². The number of rotatable bonds is 7. The van der Waals surface area contributed by atoms with Gasteiger partial charge in [-0.05, 0) is 62.3 Å². The molecule has 6 nitrogen and oxygen atoms in total. The van der Waals surface area contributed by atoms with Gasteiger partial charge in [-0.3, -0.25) is 4.79 Å². The van der Waals surface area contributed by atoms with E-state index in [0.29, 0.717) is 6.04 Å². The summed E-state index contributed by atoms with van der Waals surface area (Å²) in [6.45, 7) is 2.65. The second-order valence-electron chi connectivity index (χ2n) is 6.75. The number of amides is 1. The van der Waals surface area contributed by atoms with Crippen molar-refractivity contribution in [1.82, 2.24) is 25.5 Å². The fraction of sp³-hybridized carbons (Fsp3) is 0.765. The van der Waals surface area contributed by atoms with E-state index in [1.54, 1.807) is 0 Å². The lowest BCUT2D eigenvalue weighted by molar-refractivity contribution is -0.120. The Hall–Kier alpha value is -1.37. The van der Waals surface area contributed by atoms with E-state index >= 15 is 0 Å². The van der Waals surface area contributed by atoms with Crippen molar-refractivity contribution in [2.24, 2.45) is 0 Å². The van der Waals surface area contributed by atoms with Crippen LogP contribution in [0.15, 0.2) is 16.8 Å². The third kappa shape index (κ3) is 4.59. The number of nitrogens with zero attached hydrogens (tertiary/aromatic N) is 4. The van der Waals surface area contributed by atoms with Gasteiger partial charge in [0.25, 0.3) is 0 Å². The molecule has 0 radical (unpaired) electrons. The van der Waals surface area contributed by atoms with Crippen LogP contribution in [-0.2, 0) is 4.79 Å². The number of tetrazole rings is 1. The number of carbonyl (C=O) groups is 1. The van der Waals surface area contributed by atoms with Crippen LogP contribution in [0.25, 0.3) is 0 Å². The van der Waals surface area contributed by atoms with E-state index < -0.39 is 0 Å². The lowest BCUT2D eigenvalue weighted by Crippen LogP contribution is -2.32. The van der Waals surface area contributed by atoms with Crippen molar-refractivity contribution in [2.45, 2.75) is 81.2 Å². The van der Waals surface area contributed by atoms with Crippen molar-refractivity contribution in [3.05, 3.63) is 11.6 Å². The van der Waals surface area contributed by atoms with Gasteiger partial charge in [0.1, 0.15) is 0 Å². The predicted octanol–water partition coefficient (Wildman–Crippen LogP) is 3.28. The first-order valence-corrected chi connectivity index (χ1v) is 10.0. The molecule has 7 heteroatoms. The summed E-state index contributed by atoms with van der Waals surface area (Å²) in [5.74, 6) is 0.0670. The van der Waals surface area contributed by atoms with E-state index in [2.05, 4.69) is 26.9 Å². The minimum Gasteiger partial charge on any atom is -0.355 e. The highest BCUT2D eigenvalue weighted by Crippen LogP contribution is 2.32. The Morgan fingerprint density at radius 1 is 1.38 bits per heavy atom. The maximum Gasteiger partial charge on any atom is 0.233 e. The molecule has 1 N–H and O–H groups in total. The van der Waals surface area contributed by atoms with Crippen molar-refractivity contribution in [3.8, 4) is 0 Å². The van der Waals surface area contributed by atoms with Crippen LogP contribution in [-0.4, -0.2) is 37.9 Å². The zero-order valence-electron chi connectivity index (χ0n) is 14.4. The molecule has 0 spiro atoms. The molecule has 3 rings (SSSR count). The van der Waals surface area contributed by atoms with Crippen LogP contribution in [0.5, 0.6) is 0 Å². The Labute approximate surface area is 147 Å². The Bertz CT molecular complexity index is 579. The normalized spacial score (nSPS) is 20.0. The molecule has 2 aliphatic carbocycles. The lowest BCUT2D eigenvalue weighted by Gasteiger charge is -2.15. The largest absolute Gasteiger partial charge is 0.355 e. The zero-order valence-corrected chi connectivity index (χ0v) is 15.2. The summed E-state index contributed by atoms with van der Waals surface area (Å²) in [5, 5.41) is 15.7. The molecule has 1 heterocycles. The summed E-state index contributed by atoms with van der Waals surface area (Å²) >= 11 is 1.46. The summed E-state index contributed by atoms with van der Waals surface area (Å²) in [6, 6.07) is 0.399. The number of nitrogens with one attached hydrogen (secondary N) is 1. The van der Waals surface area contributed by atoms with Gasteiger partial charge in [0.15, 0.2) is 0 Å². The second kappa shape index (κ2) is 8.65. The number of aromatic nitrogens is 4. The molecule has 1 fully saturated rings. The Balaban J connectivity index is 1.46. The first-order chi connectivity index (χ1) is 11.7. The van der Waals surface area contributed by atoms with Crippen LogP contribution in [0.1, 0.15) is 70.8 Å². The predicted molar refractivity (Wildman–Crippen MR) is 94.8 cm³/mol. The van der Waals surface area contributed by atoms with E-state index in [9.17, 15) is 4.79 Å². The Morgan fingerprint density at radius 2 is 2.21 bits per heavy atom. The zero-order chi connectivity index (χ0) is 16.8. The summed E-state index contributed by atoms with van der Waals surface area (Å²) in [5.41, 5.74) is 1.49. The Morgan fingerprint density at radius 3 is 2.96 bits per heavy atom. The molecule has 132 valence electrons. The first kappa shape index (κ1) is 17.5. The van der Waals surface area contributed by atoms with Crippen LogP contribution in [0.3, 0.4) is 0 Å². The molecule has 1 atom stereocenters. The van der Waals surface area contributed by atoms with Gasteiger partial charge in [-0.2, -0.15) is 0 Å². The maximum atomic E-state index is 12.3. The fourth-order valence-corrected chi connectivity index (χ4v) is 4.36. The topological polar surface area (TPSA) is 72.7 Å². The molecule has 2 aliphatic rings. The van der Waals surface area contributed by atoms with Crippen molar-refractivity contribution in [1.29, 1.82) is 0 Å². The van der Waals surface area contributed by atoms with E-state index in [-0.39, 0.29) is 11.2 Å². The number of allylic oxidation sites excluding steroid dienone is 1. The molecular formula is C17H27N5OS. The quantitative estimate of drug-likeness (QED) is 0.604. The van der Waals surface area contributed by atoms with Crippen LogP contribution in [0, 0.1) is 0 Å². The molecule has 0 bridgehead atoms. The van der Waals surface area contributed by atoms with Gasteiger partial charge in [-0.15, -0.1) is 5.10 Å². The minimum absolute atomic E-state index is 0.0670. The van der Waals surface area contributed by atoms with Gasteiger partial charge in [0.05, 0.1) is 11.3 Å². The highest BCUT2D eigenvalue weighted by molar-refractivity contribution is 8.00. The van der Waals surface area contributed by atoms with Crippen LogP contribution in [0.4, 0.5) is 0 Å². The number of hydrogen-bond donors (Lipinski definition) is 1. The molecule has 1 amide bonds. The van der Waals surface area contributed by atoms with Gasteiger partial charge < -0.3 is 5.32 Å². The summed E-state index contributed by atoms with van der Waals surface area (Å²) < 4.78 is 1.91. The smallest absolute Gasteiger partial charge is 0.233 e. The first-order valence-electron chi connectivity index (χ1n) is 9.14. The second-order valence-corrected chi connectivity index (χ2v) is 8.06. The van der Waals surface area contributed by atoms with Gasteiger partial charge in [-0.1, -0.05) is 36.3 Å². The molecule has 0 aliphatic heterocycles. The van der Waals surface area contributed by atoms with Crippen LogP contribution in [0.2, 0.25) is 0 Å². The average Bonchev–Trinajstić information content (AvgIpc) is 3.26. The summed E-state index contributed by atoms with van der Waals surface area (Å²) in [7, 11) is 0. The van der Waals surface area contributed by atoms with Crippen molar-refractivity contribution >= 4 is 17.7 Å². The van der Waals surface area contributed by atoms with Gasteiger partial charge >= 0.3 is 0 Å². The third-order valence-corrected chi connectivity index (χ3v) is 5.96. The SMILES string of the molecule is CC(Sc1nnnn1C1CCCC1)C(=O)NCCC1=CCCCC1. The monoisotopic (exact) mass is 349 g/mol. The Kier molecular flexibility index (Phi) is 6.29. The highest BCUT2D eigenvalue weighted by Gasteiger charge is 2.24. The van der Waals surface area contributed by atoms with Gasteiger partial charge in [-0.25, -0.2) is 4.68 Å². The molecule has 0 aromatic carbocycles. The number of hydrogen-bond acceptors (Lipinski definition) is 5. The van der Waals surface area contributed by atoms with E-state index in [0.717, 1.165) is 31.0 Å². The molecule has 1 saturated carbocycles. The van der Waals surface area contributed by atoms with Crippen molar-refractivity contribution in [2.75, 3.05) is 6.54 Å². The number of carbonyl (C=O) groups excluding carboxylic acids is 1. The van der Waals surface area contributed by atoms with E-state index in [1.165, 1.54) is 55.9 Å². The summed E-state index contributed by atoms with van der Waals surface area (Å²) in [4.78, 5) is 12.3. The average molecular weight is 350 g/mol. The molecule has 1 aromatic rings. The van der Waals surface area contributed by atoms with Crippen molar-refractivity contribution in [3.63, 3.8) is 0 Å². The third-order valence-electron chi connectivity index (χ3n) is 4.91. The lowest BCUT2D eigenvalue weighted by atomic mass is 9.97. The van der Waals surface area contributed by atoms with E-state index in [1.807, 2.05) is 11.6 Å². The molecular weight excluding hydrogens is 322 g/mol. The van der Waals surface area contributed by atoms with E-state index in [4.69, 9.17) is 0 Å². The maximum absolute atomic E-state index is 12.3. The van der Waals surface area contributed by atoms with Crippen LogP contribution >= 0.6 is 11.8 Å². The van der Waals surface area contributed by atoms with Gasteiger partial charge in [0.2, 0.25) is 11.1 Å². The standard InChI is InChI=1S/C17H27N5OS/c1-13(16(23)18-12-11-14-7-3-2-4-8-14)24-17-19-20-21-22(17)15-9-5-6-10-15/h7,13,15H,2-6,8-12H2,1H3,(H,18,23).